The number of hydrogen-bond acceptors (Lipinski definition) is 1. The molecule has 0 fully saturated rings. The van der Waals surface area contributed by atoms with Crippen LogP contribution in [-0.4, -0.2) is 4.98 Å². The smallest absolute Gasteiger partial charge is 0.248 e. The van der Waals surface area contributed by atoms with Crippen LogP contribution < -0.4 is 5.56 Å². The van der Waals surface area contributed by atoms with E-state index < -0.39 is 0 Å². The molecule has 0 saturated carbocycles. The number of fused-ring (bicyclic) bond motifs is 1. The molecule has 2 nitrogen and oxygen atoms in total. The molecule has 20 heavy (non-hydrogen) atoms. The molecule has 0 spiro atoms. The van der Waals surface area contributed by atoms with Gasteiger partial charge in [0.25, 0.3) is 0 Å². The summed E-state index contributed by atoms with van der Waals surface area (Å²) in [6, 6.07) is 13.6. The highest BCUT2D eigenvalue weighted by Gasteiger charge is 2.07. The normalized spacial score (nSPS) is 10.9. The average molecular weight is 284 g/mol. The molecule has 2 aromatic carbocycles. The lowest BCUT2D eigenvalue weighted by atomic mass is 9.98. The van der Waals surface area contributed by atoms with E-state index >= 15 is 0 Å². The molecule has 3 aromatic rings. The third-order valence-electron chi connectivity index (χ3n) is 3.63. The third kappa shape index (κ3) is 2.12. The molecule has 100 valence electrons. The lowest BCUT2D eigenvalue weighted by molar-refractivity contribution is 1.28. The lowest BCUT2D eigenvalue weighted by Crippen LogP contribution is -2.04. The van der Waals surface area contributed by atoms with Gasteiger partial charge in [0, 0.05) is 22.0 Å². The molecule has 3 rings (SSSR count). The fourth-order valence-electron chi connectivity index (χ4n) is 2.51. The van der Waals surface area contributed by atoms with Crippen molar-refractivity contribution in [1.82, 2.24) is 4.98 Å². The van der Waals surface area contributed by atoms with Crippen molar-refractivity contribution in [2.24, 2.45) is 0 Å². The number of halogens is 1. The summed E-state index contributed by atoms with van der Waals surface area (Å²) in [6.07, 6.45) is 0. The minimum Gasteiger partial charge on any atom is -0.322 e. The monoisotopic (exact) mass is 283 g/mol. The van der Waals surface area contributed by atoms with Crippen LogP contribution in [0.5, 0.6) is 0 Å². The summed E-state index contributed by atoms with van der Waals surface area (Å²) in [5, 5.41) is 1.82. The molecule has 0 atom stereocenters. The minimum atomic E-state index is -0.0679. The van der Waals surface area contributed by atoms with Gasteiger partial charge in [0.15, 0.2) is 0 Å². The molecular weight excluding hydrogens is 270 g/mol. The molecule has 1 heterocycles. The van der Waals surface area contributed by atoms with Gasteiger partial charge in [-0.25, -0.2) is 0 Å². The van der Waals surface area contributed by atoms with Crippen LogP contribution in [0, 0.1) is 13.8 Å². The van der Waals surface area contributed by atoms with Crippen molar-refractivity contribution < 1.29 is 0 Å². The Labute approximate surface area is 122 Å². The highest BCUT2D eigenvalue weighted by molar-refractivity contribution is 6.31. The van der Waals surface area contributed by atoms with Gasteiger partial charge in [-0.05, 0) is 54.3 Å². The number of aryl methyl sites for hydroxylation is 1. The second kappa shape index (κ2) is 4.80. The number of benzene rings is 2. The van der Waals surface area contributed by atoms with Gasteiger partial charge in [0.1, 0.15) is 0 Å². The summed E-state index contributed by atoms with van der Waals surface area (Å²) in [5.41, 5.74) is 5.05. The average Bonchev–Trinajstić information content (AvgIpc) is 2.41. The summed E-state index contributed by atoms with van der Waals surface area (Å²) in [7, 11) is 0. The number of rotatable bonds is 1. The molecule has 0 radical (unpaired) electrons. The number of pyridine rings is 1. The van der Waals surface area contributed by atoms with E-state index in [1.807, 2.05) is 38.1 Å². The summed E-state index contributed by atoms with van der Waals surface area (Å²) in [5.74, 6) is 0. The van der Waals surface area contributed by atoms with Crippen LogP contribution in [0.4, 0.5) is 0 Å². The Morgan fingerprint density at radius 2 is 1.85 bits per heavy atom. The molecule has 0 bridgehead atoms. The van der Waals surface area contributed by atoms with Gasteiger partial charge in [-0.2, -0.15) is 0 Å². The highest BCUT2D eigenvalue weighted by Crippen LogP contribution is 2.30. The van der Waals surface area contributed by atoms with E-state index in [2.05, 4.69) is 17.1 Å². The van der Waals surface area contributed by atoms with E-state index in [0.29, 0.717) is 0 Å². The largest absolute Gasteiger partial charge is 0.322 e. The molecule has 0 aliphatic carbocycles. The van der Waals surface area contributed by atoms with Crippen molar-refractivity contribution in [2.45, 2.75) is 13.8 Å². The number of aromatic nitrogens is 1. The molecule has 0 amide bonds. The van der Waals surface area contributed by atoms with Crippen molar-refractivity contribution >= 4 is 22.5 Å². The van der Waals surface area contributed by atoms with Gasteiger partial charge in [0.2, 0.25) is 5.56 Å². The van der Waals surface area contributed by atoms with Crippen LogP contribution in [-0.2, 0) is 0 Å². The molecule has 0 aliphatic heterocycles. The number of aromatic amines is 1. The van der Waals surface area contributed by atoms with E-state index in [-0.39, 0.29) is 5.56 Å². The molecule has 1 aromatic heterocycles. The maximum absolute atomic E-state index is 11.5. The van der Waals surface area contributed by atoms with E-state index in [1.54, 1.807) is 6.07 Å². The van der Waals surface area contributed by atoms with Crippen LogP contribution in [0.2, 0.25) is 5.02 Å². The van der Waals surface area contributed by atoms with Crippen LogP contribution in [0.15, 0.2) is 47.3 Å². The first kappa shape index (κ1) is 12.9. The Hall–Kier alpha value is -2.06. The van der Waals surface area contributed by atoms with Crippen LogP contribution >= 0.6 is 11.6 Å². The predicted molar refractivity (Wildman–Crippen MR) is 84.5 cm³/mol. The molecule has 0 aliphatic rings. The maximum Gasteiger partial charge on any atom is 0.248 e. The van der Waals surface area contributed by atoms with E-state index in [1.165, 1.54) is 0 Å². The Bertz CT molecular complexity index is 864. The summed E-state index contributed by atoms with van der Waals surface area (Å²) >= 11 is 6.19. The number of hydrogen-bond donors (Lipinski definition) is 1. The second-order valence-corrected chi connectivity index (χ2v) is 5.40. The van der Waals surface area contributed by atoms with Gasteiger partial charge >= 0.3 is 0 Å². The SMILES string of the molecule is Cc1c(Cl)cccc1-c1ccc2[nH]c(=O)cc(C)c2c1. The van der Waals surface area contributed by atoms with Gasteiger partial charge in [-0.3, -0.25) is 4.79 Å². The molecule has 0 saturated heterocycles. The summed E-state index contributed by atoms with van der Waals surface area (Å²) in [4.78, 5) is 14.3. The first-order valence-corrected chi connectivity index (χ1v) is 6.83. The highest BCUT2D eigenvalue weighted by atomic mass is 35.5. The summed E-state index contributed by atoms with van der Waals surface area (Å²) < 4.78 is 0. The maximum atomic E-state index is 11.5. The Morgan fingerprint density at radius 1 is 1.05 bits per heavy atom. The molecule has 1 N–H and O–H groups in total. The van der Waals surface area contributed by atoms with Gasteiger partial charge in [0.05, 0.1) is 0 Å². The fourth-order valence-corrected chi connectivity index (χ4v) is 2.68. The molecule has 0 unspecified atom stereocenters. The zero-order valence-corrected chi connectivity index (χ0v) is 12.1. The quantitative estimate of drug-likeness (QED) is 0.702. The Balaban J connectivity index is 2.28. The lowest BCUT2D eigenvalue weighted by Gasteiger charge is -2.09. The van der Waals surface area contributed by atoms with Gasteiger partial charge < -0.3 is 4.98 Å². The Kier molecular flexibility index (Phi) is 3.11. The standard InChI is InChI=1S/C17H14ClNO/c1-10-8-17(20)19-16-7-6-12(9-14(10)16)13-4-3-5-15(18)11(13)2/h3-9H,1-2H3,(H,19,20). The summed E-state index contributed by atoms with van der Waals surface area (Å²) in [6.45, 7) is 3.97. The predicted octanol–water partition coefficient (Wildman–Crippen LogP) is 4.47. The zero-order valence-electron chi connectivity index (χ0n) is 11.3. The number of nitrogens with one attached hydrogen (secondary N) is 1. The zero-order chi connectivity index (χ0) is 14.3. The first-order valence-electron chi connectivity index (χ1n) is 6.45. The van der Waals surface area contributed by atoms with E-state index in [9.17, 15) is 4.79 Å². The molecular formula is C17H14ClNO. The van der Waals surface area contributed by atoms with Crippen molar-refractivity contribution in [2.75, 3.05) is 0 Å². The van der Waals surface area contributed by atoms with Crippen molar-refractivity contribution in [3.63, 3.8) is 0 Å². The minimum absolute atomic E-state index is 0.0679. The van der Waals surface area contributed by atoms with Crippen LogP contribution in [0.25, 0.3) is 22.0 Å². The van der Waals surface area contributed by atoms with Crippen molar-refractivity contribution in [1.29, 1.82) is 0 Å². The third-order valence-corrected chi connectivity index (χ3v) is 4.04. The van der Waals surface area contributed by atoms with E-state index in [4.69, 9.17) is 11.6 Å². The van der Waals surface area contributed by atoms with Gasteiger partial charge in [-0.1, -0.05) is 29.8 Å². The topological polar surface area (TPSA) is 32.9 Å². The molecule has 3 heteroatoms. The van der Waals surface area contributed by atoms with Crippen molar-refractivity contribution in [3.8, 4) is 11.1 Å². The van der Waals surface area contributed by atoms with Crippen LogP contribution in [0.3, 0.4) is 0 Å². The van der Waals surface area contributed by atoms with Crippen molar-refractivity contribution in [3.05, 3.63) is 69.0 Å². The fraction of sp³-hybridized carbons (Fsp3) is 0.118. The second-order valence-electron chi connectivity index (χ2n) is 4.99. The van der Waals surface area contributed by atoms with E-state index in [0.717, 1.165) is 38.2 Å². The van der Waals surface area contributed by atoms with Gasteiger partial charge in [-0.15, -0.1) is 0 Å². The van der Waals surface area contributed by atoms with Crippen LogP contribution in [0.1, 0.15) is 11.1 Å². The first-order chi connectivity index (χ1) is 9.56. The number of H-pyrrole nitrogens is 1. The Morgan fingerprint density at radius 3 is 2.65 bits per heavy atom.